The Balaban J connectivity index is -0.0000000156. The molecule has 0 saturated heterocycles. The summed E-state index contributed by atoms with van der Waals surface area (Å²) in [5.74, 6) is 0. The molecule has 0 aromatic rings. The molecule has 0 saturated carbocycles. The Bertz CT molecular complexity index is 372. The van der Waals surface area contributed by atoms with Crippen LogP contribution in [0.25, 0.3) is 0 Å². The maximum atomic E-state index is 9.04. The van der Waals surface area contributed by atoms with E-state index in [-0.39, 0.29) is 21.1 Å². The average Bonchev–Trinajstić information content (AvgIpc) is 2.74. The first-order valence-corrected chi connectivity index (χ1v) is 9.63. The van der Waals surface area contributed by atoms with Gasteiger partial charge in [-0.15, -0.1) is 0 Å². The fourth-order valence-electron chi connectivity index (χ4n) is 0. The molecule has 0 aromatic heterocycles. The second kappa shape index (κ2) is 140. The summed E-state index contributed by atoms with van der Waals surface area (Å²) in [6.07, 6.45) is 0. The van der Waals surface area contributed by atoms with Crippen LogP contribution in [0.5, 0.6) is 0 Å². The van der Waals surface area contributed by atoms with Gasteiger partial charge in [0.25, 0.3) is 0 Å². The third-order valence-electron chi connectivity index (χ3n) is 0. The molecule has 0 aliphatic carbocycles. The molecule has 0 bridgehead atoms. The van der Waals surface area contributed by atoms with E-state index in [1.807, 2.05) is 0 Å². The number of amides is 6. The molecule has 0 heterocycles. The van der Waals surface area contributed by atoms with Gasteiger partial charge in [0.1, 0.15) is 0 Å². The first-order valence-electron chi connectivity index (χ1n) is 5.18. The first-order chi connectivity index (χ1) is 16.4. The molecule has 0 aromatic carbocycles. The molecule has 18 nitrogen and oxygen atoms in total. The van der Waals surface area contributed by atoms with E-state index in [2.05, 4.69) is 185 Å². The summed E-state index contributed by atoms with van der Waals surface area (Å²) >= 11 is 39.6. The van der Waals surface area contributed by atoms with Crippen molar-refractivity contribution in [2.45, 2.75) is 0 Å². The standard InChI is InChI=1S/6CH3NOS.Mo.6OS/c6*2-1(3)4;;6*1-2/h6*(H3,2,3,4);;;;;;;/p-6. The molecule has 0 spiro atoms. The van der Waals surface area contributed by atoms with Crippen molar-refractivity contribution in [3.63, 3.8) is 0 Å². The van der Waals surface area contributed by atoms with E-state index in [0.717, 1.165) is 0 Å². The quantitative estimate of drug-likeness (QED) is 0.0991. The average molecular weight is 841 g/mol. The van der Waals surface area contributed by atoms with Gasteiger partial charge < -0.3 is 139 Å². The topological polar surface area (TPSA) is 361 Å². The number of carbonyl (C=O) groups excluding carboxylic acids is 6. The Morgan fingerprint density at radius 2 is 0.297 bits per heavy atom. The maximum Gasteiger partial charge on any atom is 0.197 e. The molecule has 0 aliphatic heterocycles. The second-order valence-corrected chi connectivity index (χ2v) is 4.33. The number of hydrogen-bond donors (Lipinski definition) is 6. The summed E-state index contributed by atoms with van der Waals surface area (Å²) in [4.78, 5) is 54.2. The summed E-state index contributed by atoms with van der Waals surface area (Å²) in [7, 11) is 0. The summed E-state index contributed by atoms with van der Waals surface area (Å²) in [6, 6.07) is 0. The molecule has 0 fully saturated rings. The van der Waals surface area contributed by atoms with Crippen LogP contribution >= 0.6 is 0 Å². The molecule has 0 aliphatic rings. The Labute approximate surface area is 289 Å². The normalized spacial score (nSPS) is 4.54. The fraction of sp³-hybridized carbons (Fsp3) is 0. The van der Waals surface area contributed by atoms with Gasteiger partial charge in [0.2, 0.25) is 0 Å². The Kier molecular flexibility index (Phi) is 316. The van der Waals surface area contributed by atoms with Crippen LogP contribution in [0.4, 0.5) is 28.8 Å². The molecule has 222 valence electrons. The molecule has 37 heavy (non-hydrogen) atoms. The SMILES string of the molecule is NC(=O)[S-].NC(=O)[S-].NC(=O)[S-].NC(=O)[S-].NC(=O)[S-].NC(=O)[S-].O=S.O=S.O=S.O=S.O=S.O=S.[Mo]. The number of rotatable bonds is 0. The number of nitrogens with two attached hydrogens (primary N) is 6. The zero-order chi connectivity index (χ0) is 33.5. The molecule has 12 N–H and O–H groups in total. The first kappa shape index (κ1) is 83.4. The Hall–Kier alpha value is -1.05. The van der Waals surface area contributed by atoms with E-state index in [1.165, 1.54) is 0 Å². The van der Waals surface area contributed by atoms with Crippen molar-refractivity contribution < 1.29 is 75.1 Å². The smallest absolute Gasteiger partial charge is 0.197 e. The van der Waals surface area contributed by atoms with E-state index < -0.39 is 31.4 Å². The van der Waals surface area contributed by atoms with Crippen molar-refractivity contribution >= 4 is 182 Å². The van der Waals surface area contributed by atoms with Crippen LogP contribution in [0.3, 0.4) is 0 Å². The molecule has 0 atom stereocenters. The van der Waals surface area contributed by atoms with Crippen LogP contribution in [-0.4, -0.2) is 56.7 Å². The molecule has 0 rings (SSSR count). The van der Waals surface area contributed by atoms with Gasteiger partial charge in [-0.25, -0.2) is 0 Å². The van der Waals surface area contributed by atoms with E-state index in [1.54, 1.807) is 0 Å². The zero-order valence-electron chi connectivity index (χ0n) is 16.7. The maximum absolute atomic E-state index is 9.04. The van der Waals surface area contributed by atoms with Gasteiger partial charge in [0.15, 0.2) is 75.2 Å². The molecule has 31 heteroatoms. The minimum atomic E-state index is -0.750. The predicted molar refractivity (Wildman–Crippen MR) is 151 cm³/mol. The Morgan fingerprint density at radius 3 is 0.297 bits per heavy atom. The number of primary amides is 6. The molecule has 6 amide bonds. The molecule has 0 unspecified atom stereocenters. The summed E-state index contributed by atoms with van der Waals surface area (Å²) in [5.41, 5.74) is 25.7. The molecule has 0 radical (unpaired) electrons. The van der Waals surface area contributed by atoms with Gasteiger partial charge in [0, 0.05) is 21.1 Å². The predicted octanol–water partition coefficient (Wildman–Crippen LogP) is -4.35. The third kappa shape index (κ3) is 34300. The summed E-state index contributed by atoms with van der Waals surface area (Å²) in [5, 5.41) is -4.50. The summed E-state index contributed by atoms with van der Waals surface area (Å²) < 4.78 is 47.0. The van der Waals surface area contributed by atoms with Crippen molar-refractivity contribution in [3.8, 4) is 0 Å². The van der Waals surface area contributed by atoms with Crippen LogP contribution in [0, 0.1) is 0 Å². The summed E-state index contributed by atoms with van der Waals surface area (Å²) in [6.45, 7) is 0. The van der Waals surface area contributed by atoms with Crippen molar-refractivity contribution in [2.24, 2.45) is 34.4 Å². The van der Waals surface area contributed by atoms with Crippen molar-refractivity contribution in [1.29, 1.82) is 0 Å². The van der Waals surface area contributed by atoms with Crippen LogP contribution in [0.2, 0.25) is 0 Å². The van der Waals surface area contributed by atoms with Crippen LogP contribution < -0.4 is 34.4 Å². The number of hydrogen-bond acceptors (Lipinski definition) is 24. The minimum Gasteiger partial charge on any atom is -0.719 e. The van der Waals surface area contributed by atoms with Gasteiger partial charge in [-0.3, -0.25) is 0 Å². The number of carbonyl (C=O) groups is 6. The van der Waals surface area contributed by atoms with Gasteiger partial charge >= 0.3 is 0 Å². The van der Waals surface area contributed by atoms with Crippen molar-refractivity contribution in [1.82, 2.24) is 0 Å². The largest absolute Gasteiger partial charge is 0.719 e. The second-order valence-electron chi connectivity index (χ2n) is 1.91. The molecular weight excluding hydrogens is 829 g/mol. The van der Waals surface area contributed by atoms with E-state index in [9.17, 15) is 0 Å². The van der Waals surface area contributed by atoms with Crippen molar-refractivity contribution in [3.05, 3.63) is 0 Å². The zero-order valence-corrected chi connectivity index (χ0v) is 28.5. The van der Waals surface area contributed by atoms with E-state index >= 15 is 0 Å². The third-order valence-corrected chi connectivity index (χ3v) is 0. The van der Waals surface area contributed by atoms with Crippen LogP contribution in [0.15, 0.2) is 0 Å². The van der Waals surface area contributed by atoms with E-state index in [0.29, 0.717) is 0 Å². The van der Waals surface area contributed by atoms with Gasteiger partial charge in [-0.2, -0.15) is 25.3 Å². The Morgan fingerprint density at radius 1 is 0.297 bits per heavy atom. The van der Waals surface area contributed by atoms with Gasteiger partial charge in [-0.1, -0.05) is 0 Å². The fourth-order valence-corrected chi connectivity index (χ4v) is 0. The van der Waals surface area contributed by atoms with Gasteiger partial charge in [0.05, 0.1) is 31.4 Å². The van der Waals surface area contributed by atoms with Gasteiger partial charge in [-0.05, 0) is 0 Å². The van der Waals surface area contributed by atoms with Crippen molar-refractivity contribution in [2.75, 3.05) is 0 Å². The van der Waals surface area contributed by atoms with Crippen LogP contribution in [-0.2, 0) is 172 Å². The van der Waals surface area contributed by atoms with Crippen LogP contribution in [0.1, 0.15) is 0 Å². The minimum absolute atomic E-state index is 0. The van der Waals surface area contributed by atoms with E-state index in [4.69, 9.17) is 54.0 Å². The molecular formula is C6H12MoN6O12S12-6. The monoisotopic (exact) mass is 842 g/mol.